The van der Waals surface area contributed by atoms with Crippen molar-refractivity contribution in [3.8, 4) is 16.3 Å². The molecule has 4 nitrogen and oxygen atoms in total. The van der Waals surface area contributed by atoms with Gasteiger partial charge in [0.05, 0.1) is 17.3 Å². The van der Waals surface area contributed by atoms with E-state index >= 15 is 0 Å². The average molecular weight is 403 g/mol. The SMILES string of the molecule is COc1ccc(CCC(=O)Nc2ccc(-c3nc4ccc(C)cc4s3)cc2)cc1. The van der Waals surface area contributed by atoms with Crippen LogP contribution in [0.1, 0.15) is 17.5 Å². The van der Waals surface area contributed by atoms with E-state index < -0.39 is 0 Å². The summed E-state index contributed by atoms with van der Waals surface area (Å²) >= 11 is 1.69. The number of carbonyl (C=O) groups excluding carboxylic acids is 1. The van der Waals surface area contributed by atoms with E-state index in [1.165, 1.54) is 10.3 Å². The van der Waals surface area contributed by atoms with Crippen molar-refractivity contribution in [3.05, 3.63) is 77.9 Å². The smallest absolute Gasteiger partial charge is 0.224 e. The Kier molecular flexibility index (Phi) is 5.58. The number of hydrogen-bond acceptors (Lipinski definition) is 4. The normalized spacial score (nSPS) is 10.8. The first-order valence-electron chi connectivity index (χ1n) is 9.51. The predicted molar refractivity (Wildman–Crippen MR) is 120 cm³/mol. The summed E-state index contributed by atoms with van der Waals surface area (Å²) in [5.41, 5.74) is 5.22. The van der Waals surface area contributed by atoms with Crippen molar-refractivity contribution >= 4 is 33.1 Å². The number of fused-ring (bicyclic) bond motifs is 1. The van der Waals surface area contributed by atoms with Crippen molar-refractivity contribution < 1.29 is 9.53 Å². The topological polar surface area (TPSA) is 51.2 Å². The fraction of sp³-hybridized carbons (Fsp3) is 0.167. The molecule has 0 aliphatic carbocycles. The van der Waals surface area contributed by atoms with Gasteiger partial charge in [-0.15, -0.1) is 11.3 Å². The molecule has 0 atom stereocenters. The van der Waals surface area contributed by atoms with Gasteiger partial charge in [0.25, 0.3) is 0 Å². The summed E-state index contributed by atoms with van der Waals surface area (Å²) in [6.07, 6.45) is 1.13. The van der Waals surface area contributed by atoms with Crippen molar-refractivity contribution in [1.29, 1.82) is 0 Å². The molecule has 0 bridgehead atoms. The lowest BCUT2D eigenvalue weighted by molar-refractivity contribution is -0.116. The third kappa shape index (κ3) is 4.63. The molecule has 5 heteroatoms. The van der Waals surface area contributed by atoms with Gasteiger partial charge in [0.15, 0.2) is 0 Å². The Labute approximate surface area is 174 Å². The van der Waals surface area contributed by atoms with E-state index in [0.717, 1.165) is 33.1 Å². The molecule has 0 spiro atoms. The summed E-state index contributed by atoms with van der Waals surface area (Å²) in [6.45, 7) is 2.09. The van der Waals surface area contributed by atoms with Crippen molar-refractivity contribution in [1.82, 2.24) is 4.98 Å². The average Bonchev–Trinajstić information content (AvgIpc) is 3.16. The number of amides is 1. The Morgan fingerprint density at radius 1 is 1.03 bits per heavy atom. The zero-order valence-corrected chi connectivity index (χ0v) is 17.3. The molecule has 4 aromatic rings. The molecular weight excluding hydrogens is 380 g/mol. The monoisotopic (exact) mass is 402 g/mol. The van der Waals surface area contributed by atoms with Crippen LogP contribution in [0.5, 0.6) is 5.75 Å². The van der Waals surface area contributed by atoms with Crippen molar-refractivity contribution in [2.45, 2.75) is 19.8 Å². The van der Waals surface area contributed by atoms with E-state index in [2.05, 4.69) is 30.4 Å². The minimum Gasteiger partial charge on any atom is -0.497 e. The molecule has 4 rings (SSSR count). The Bertz CT molecular complexity index is 1130. The largest absolute Gasteiger partial charge is 0.497 e. The van der Waals surface area contributed by atoms with Gasteiger partial charge in [0, 0.05) is 17.7 Å². The van der Waals surface area contributed by atoms with Crippen LogP contribution in [0, 0.1) is 6.92 Å². The first-order valence-corrected chi connectivity index (χ1v) is 10.3. The highest BCUT2D eigenvalue weighted by Gasteiger charge is 2.08. The number of nitrogens with one attached hydrogen (secondary N) is 1. The number of aromatic nitrogens is 1. The molecule has 0 saturated carbocycles. The Morgan fingerprint density at radius 3 is 2.52 bits per heavy atom. The van der Waals surface area contributed by atoms with Gasteiger partial charge in [-0.3, -0.25) is 4.79 Å². The highest BCUT2D eigenvalue weighted by Crippen LogP contribution is 2.31. The number of benzene rings is 3. The van der Waals surface area contributed by atoms with Gasteiger partial charge in [-0.25, -0.2) is 4.98 Å². The molecule has 1 aromatic heterocycles. The number of aryl methyl sites for hydroxylation is 2. The second-order valence-corrected chi connectivity index (χ2v) is 7.99. The lowest BCUT2D eigenvalue weighted by Crippen LogP contribution is -2.12. The number of carbonyl (C=O) groups is 1. The Morgan fingerprint density at radius 2 is 1.79 bits per heavy atom. The summed E-state index contributed by atoms with van der Waals surface area (Å²) < 4.78 is 6.35. The molecule has 0 saturated heterocycles. The van der Waals surface area contributed by atoms with E-state index in [4.69, 9.17) is 9.72 Å². The minimum atomic E-state index is 0.00373. The number of thiazole rings is 1. The lowest BCUT2D eigenvalue weighted by Gasteiger charge is -2.07. The standard InChI is InChI=1S/C24H22N2O2S/c1-16-3-13-21-22(15-16)29-24(26-21)18-7-9-19(10-8-18)25-23(27)14-6-17-4-11-20(28-2)12-5-17/h3-5,7-13,15H,6,14H2,1-2H3,(H,25,27). The summed E-state index contributed by atoms with van der Waals surface area (Å²) in [6, 6.07) is 22.0. The lowest BCUT2D eigenvalue weighted by atomic mass is 10.1. The highest BCUT2D eigenvalue weighted by atomic mass is 32.1. The second kappa shape index (κ2) is 8.45. The molecule has 0 fully saturated rings. The van der Waals surface area contributed by atoms with Gasteiger partial charge >= 0.3 is 0 Å². The first kappa shape index (κ1) is 19.2. The molecular formula is C24H22N2O2S. The van der Waals surface area contributed by atoms with Crippen LogP contribution in [0.25, 0.3) is 20.8 Å². The summed E-state index contributed by atoms with van der Waals surface area (Å²) in [5.74, 6) is 0.825. The molecule has 0 radical (unpaired) electrons. The van der Waals surface area contributed by atoms with Crippen molar-refractivity contribution in [2.75, 3.05) is 12.4 Å². The number of methoxy groups -OCH3 is 1. The summed E-state index contributed by atoms with van der Waals surface area (Å²) in [5, 5.41) is 3.96. The van der Waals surface area contributed by atoms with E-state index in [1.54, 1.807) is 18.4 Å². The van der Waals surface area contributed by atoms with Gasteiger partial charge in [-0.05, 0) is 73.0 Å². The summed E-state index contributed by atoms with van der Waals surface area (Å²) in [7, 11) is 1.64. The van der Waals surface area contributed by atoms with Crippen LogP contribution in [-0.2, 0) is 11.2 Å². The van der Waals surface area contributed by atoms with Crippen LogP contribution in [0.15, 0.2) is 66.7 Å². The predicted octanol–water partition coefficient (Wildman–Crippen LogP) is 5.85. The molecule has 29 heavy (non-hydrogen) atoms. The molecule has 1 N–H and O–H groups in total. The van der Waals surface area contributed by atoms with E-state index in [9.17, 15) is 4.79 Å². The van der Waals surface area contributed by atoms with E-state index in [-0.39, 0.29) is 5.91 Å². The van der Waals surface area contributed by atoms with Gasteiger partial charge < -0.3 is 10.1 Å². The number of rotatable bonds is 6. The zero-order chi connectivity index (χ0) is 20.2. The van der Waals surface area contributed by atoms with Gasteiger partial charge in [-0.2, -0.15) is 0 Å². The quantitative estimate of drug-likeness (QED) is 0.440. The maximum atomic E-state index is 12.3. The maximum Gasteiger partial charge on any atom is 0.224 e. The van der Waals surface area contributed by atoms with Crippen LogP contribution < -0.4 is 10.1 Å². The fourth-order valence-corrected chi connectivity index (χ4v) is 4.19. The molecule has 0 aliphatic rings. The molecule has 3 aromatic carbocycles. The highest BCUT2D eigenvalue weighted by molar-refractivity contribution is 7.21. The third-order valence-corrected chi connectivity index (χ3v) is 5.83. The first-order chi connectivity index (χ1) is 14.1. The molecule has 0 aliphatic heterocycles. The second-order valence-electron chi connectivity index (χ2n) is 6.96. The van der Waals surface area contributed by atoms with Crippen LogP contribution in [-0.4, -0.2) is 18.0 Å². The summed E-state index contributed by atoms with van der Waals surface area (Å²) in [4.78, 5) is 17.0. The van der Waals surface area contributed by atoms with Crippen molar-refractivity contribution in [3.63, 3.8) is 0 Å². The Balaban J connectivity index is 1.37. The van der Waals surface area contributed by atoms with Crippen molar-refractivity contribution in [2.24, 2.45) is 0 Å². The third-order valence-electron chi connectivity index (χ3n) is 4.76. The van der Waals surface area contributed by atoms with Gasteiger partial charge in [-0.1, -0.05) is 18.2 Å². The maximum absolute atomic E-state index is 12.3. The zero-order valence-electron chi connectivity index (χ0n) is 16.4. The minimum absolute atomic E-state index is 0.00373. The number of hydrogen-bond donors (Lipinski definition) is 1. The molecule has 1 heterocycles. The Hall–Kier alpha value is -3.18. The molecule has 0 unspecified atom stereocenters. The van der Waals surface area contributed by atoms with E-state index in [0.29, 0.717) is 12.8 Å². The molecule has 1 amide bonds. The number of nitrogens with zero attached hydrogens (tertiary/aromatic N) is 1. The van der Waals surface area contributed by atoms with E-state index in [1.807, 2.05) is 48.5 Å². The van der Waals surface area contributed by atoms with Gasteiger partial charge in [0.1, 0.15) is 10.8 Å². The van der Waals surface area contributed by atoms with Crippen LogP contribution in [0.4, 0.5) is 5.69 Å². The number of ether oxygens (including phenoxy) is 1. The molecule has 146 valence electrons. The van der Waals surface area contributed by atoms with Crippen LogP contribution in [0.2, 0.25) is 0 Å². The van der Waals surface area contributed by atoms with Crippen LogP contribution >= 0.6 is 11.3 Å². The fourth-order valence-electron chi connectivity index (χ4n) is 3.13. The van der Waals surface area contributed by atoms with Gasteiger partial charge in [0.2, 0.25) is 5.91 Å². The van der Waals surface area contributed by atoms with Crippen LogP contribution in [0.3, 0.4) is 0 Å². The number of anilines is 1.